The minimum absolute atomic E-state index is 0.104. The highest BCUT2D eigenvalue weighted by molar-refractivity contribution is 5.96. The van der Waals surface area contributed by atoms with E-state index in [0.29, 0.717) is 16.6 Å². The van der Waals surface area contributed by atoms with E-state index in [1.807, 2.05) is 6.07 Å². The number of rotatable bonds is 3. The summed E-state index contributed by atoms with van der Waals surface area (Å²) in [4.78, 5) is 28.2. The molecule has 2 aromatic carbocycles. The lowest BCUT2D eigenvalue weighted by molar-refractivity contribution is 0.0972. The number of halogens is 1. The number of hydrogen-bond acceptors (Lipinski definition) is 3. The van der Waals surface area contributed by atoms with Crippen molar-refractivity contribution in [1.82, 2.24) is 9.55 Å². The lowest BCUT2D eigenvalue weighted by Gasteiger charge is -2.08. The van der Waals surface area contributed by atoms with Crippen LogP contribution in [0, 0.1) is 5.82 Å². The highest BCUT2D eigenvalue weighted by atomic mass is 19.1. The quantitative estimate of drug-likeness (QED) is 0.693. The largest absolute Gasteiger partial charge is 0.298 e. The van der Waals surface area contributed by atoms with Gasteiger partial charge in [-0.1, -0.05) is 12.1 Å². The summed E-state index contributed by atoms with van der Waals surface area (Å²) < 4.78 is 14.2. The molecule has 104 valence electrons. The van der Waals surface area contributed by atoms with E-state index >= 15 is 0 Å². The van der Waals surface area contributed by atoms with Crippen LogP contribution in [0.1, 0.15) is 10.4 Å². The van der Waals surface area contributed by atoms with E-state index in [2.05, 4.69) is 4.98 Å². The number of carbonyl (C=O) groups excluding carboxylic acids is 1. The maximum absolute atomic E-state index is 12.9. The van der Waals surface area contributed by atoms with Crippen molar-refractivity contribution in [3.05, 3.63) is 76.5 Å². The van der Waals surface area contributed by atoms with Crippen LogP contribution in [0.25, 0.3) is 11.0 Å². The van der Waals surface area contributed by atoms with Crippen LogP contribution < -0.4 is 5.56 Å². The van der Waals surface area contributed by atoms with Gasteiger partial charge in [-0.2, -0.15) is 0 Å². The van der Waals surface area contributed by atoms with Crippen molar-refractivity contribution < 1.29 is 9.18 Å². The van der Waals surface area contributed by atoms with Gasteiger partial charge in [-0.3, -0.25) is 14.2 Å². The zero-order chi connectivity index (χ0) is 14.8. The Balaban J connectivity index is 2.01. The summed E-state index contributed by atoms with van der Waals surface area (Å²) in [5.74, 6) is -0.661. The molecule has 0 unspecified atom stereocenters. The number of aromatic nitrogens is 2. The van der Waals surface area contributed by atoms with E-state index in [4.69, 9.17) is 0 Å². The summed E-state index contributed by atoms with van der Waals surface area (Å²) in [6.45, 7) is -0.104. The van der Waals surface area contributed by atoms with Gasteiger partial charge in [0, 0.05) is 5.56 Å². The minimum atomic E-state index is -0.405. The number of para-hydroxylation sites is 2. The van der Waals surface area contributed by atoms with Crippen molar-refractivity contribution in [3.8, 4) is 0 Å². The van der Waals surface area contributed by atoms with E-state index in [9.17, 15) is 14.0 Å². The molecule has 0 N–H and O–H groups in total. The van der Waals surface area contributed by atoms with E-state index in [1.165, 1.54) is 35.0 Å². The van der Waals surface area contributed by atoms with Gasteiger partial charge >= 0.3 is 0 Å². The summed E-state index contributed by atoms with van der Waals surface area (Å²) >= 11 is 0. The predicted molar refractivity (Wildman–Crippen MR) is 76.7 cm³/mol. The van der Waals surface area contributed by atoms with Gasteiger partial charge in [0.1, 0.15) is 5.82 Å². The number of nitrogens with zero attached hydrogens (tertiary/aromatic N) is 2. The summed E-state index contributed by atoms with van der Waals surface area (Å²) in [5.41, 5.74) is 1.26. The molecular weight excluding hydrogens is 271 g/mol. The van der Waals surface area contributed by atoms with Gasteiger partial charge in [-0.15, -0.1) is 0 Å². The van der Waals surface area contributed by atoms with Crippen LogP contribution in [-0.4, -0.2) is 15.3 Å². The Morgan fingerprint density at radius 3 is 2.57 bits per heavy atom. The monoisotopic (exact) mass is 282 g/mol. The fourth-order valence-corrected chi connectivity index (χ4v) is 2.15. The van der Waals surface area contributed by atoms with Crippen LogP contribution in [0.5, 0.6) is 0 Å². The van der Waals surface area contributed by atoms with Gasteiger partial charge in [0.15, 0.2) is 5.78 Å². The number of benzene rings is 2. The third-order valence-electron chi connectivity index (χ3n) is 3.22. The number of ketones is 1. The molecule has 0 aliphatic carbocycles. The fraction of sp³-hybridized carbons (Fsp3) is 0.0625. The third kappa shape index (κ3) is 2.58. The lowest BCUT2D eigenvalue weighted by atomic mass is 10.1. The number of hydrogen-bond donors (Lipinski definition) is 0. The highest BCUT2D eigenvalue weighted by Crippen LogP contribution is 2.10. The van der Waals surface area contributed by atoms with Gasteiger partial charge in [0.2, 0.25) is 0 Å². The standard InChI is InChI=1S/C16H11FN2O2/c17-12-7-5-11(6-8-12)15(20)10-19-14-4-2-1-3-13(14)18-9-16(19)21/h1-9H,10H2. The molecule has 0 spiro atoms. The van der Waals surface area contributed by atoms with Crippen LogP contribution in [0.2, 0.25) is 0 Å². The molecule has 21 heavy (non-hydrogen) atoms. The molecule has 1 aromatic heterocycles. The SMILES string of the molecule is O=C(Cn1c(=O)cnc2ccccc21)c1ccc(F)cc1. The Morgan fingerprint density at radius 1 is 1.10 bits per heavy atom. The van der Waals surface area contributed by atoms with E-state index in [1.54, 1.807) is 18.2 Å². The van der Waals surface area contributed by atoms with Gasteiger partial charge in [-0.25, -0.2) is 9.37 Å². The molecule has 0 saturated heterocycles. The Hall–Kier alpha value is -2.82. The second-order valence-electron chi connectivity index (χ2n) is 4.60. The molecule has 3 rings (SSSR count). The Morgan fingerprint density at radius 2 is 1.81 bits per heavy atom. The van der Waals surface area contributed by atoms with Crippen LogP contribution >= 0.6 is 0 Å². The first kappa shape index (κ1) is 13.2. The second kappa shape index (κ2) is 5.28. The molecule has 0 aliphatic rings. The molecule has 5 heteroatoms. The molecule has 0 amide bonds. The summed E-state index contributed by atoms with van der Waals surface area (Å²) in [7, 11) is 0. The van der Waals surface area contributed by atoms with Gasteiger partial charge in [0.25, 0.3) is 5.56 Å². The Bertz CT molecular complexity index is 869. The average molecular weight is 282 g/mol. The first-order valence-electron chi connectivity index (χ1n) is 6.38. The normalized spacial score (nSPS) is 10.7. The molecule has 0 atom stereocenters. The molecule has 0 saturated carbocycles. The Kier molecular flexibility index (Phi) is 3.31. The lowest BCUT2D eigenvalue weighted by Crippen LogP contribution is -2.24. The van der Waals surface area contributed by atoms with Crippen molar-refractivity contribution in [3.63, 3.8) is 0 Å². The van der Waals surface area contributed by atoms with Crippen molar-refractivity contribution in [1.29, 1.82) is 0 Å². The first-order chi connectivity index (χ1) is 10.1. The summed E-state index contributed by atoms with van der Waals surface area (Å²) in [6, 6.07) is 12.4. The average Bonchev–Trinajstić information content (AvgIpc) is 2.51. The molecule has 0 bridgehead atoms. The van der Waals surface area contributed by atoms with Crippen LogP contribution in [-0.2, 0) is 6.54 Å². The molecular formula is C16H11FN2O2. The van der Waals surface area contributed by atoms with Gasteiger partial charge < -0.3 is 0 Å². The van der Waals surface area contributed by atoms with E-state index in [-0.39, 0.29) is 17.9 Å². The van der Waals surface area contributed by atoms with Crippen LogP contribution in [0.4, 0.5) is 4.39 Å². The maximum atomic E-state index is 12.9. The zero-order valence-electron chi connectivity index (χ0n) is 11.0. The van der Waals surface area contributed by atoms with Crippen molar-refractivity contribution in [2.45, 2.75) is 6.54 Å². The van der Waals surface area contributed by atoms with E-state index < -0.39 is 5.82 Å². The molecule has 3 aromatic rings. The molecule has 0 aliphatic heterocycles. The van der Waals surface area contributed by atoms with Gasteiger partial charge in [-0.05, 0) is 36.4 Å². The topological polar surface area (TPSA) is 52.0 Å². The summed E-state index contributed by atoms with van der Waals surface area (Å²) in [6.07, 6.45) is 1.19. The molecule has 0 fully saturated rings. The fourth-order valence-electron chi connectivity index (χ4n) is 2.15. The van der Waals surface area contributed by atoms with Crippen molar-refractivity contribution >= 4 is 16.8 Å². The number of Topliss-reactive ketones (excluding diaryl/α,β-unsaturated/α-hetero) is 1. The van der Waals surface area contributed by atoms with Gasteiger partial charge in [0.05, 0.1) is 23.8 Å². The first-order valence-corrected chi connectivity index (χ1v) is 6.38. The number of carbonyl (C=O) groups is 1. The Labute approximate surface area is 119 Å². The molecule has 0 radical (unpaired) electrons. The van der Waals surface area contributed by atoms with E-state index in [0.717, 1.165) is 0 Å². The molecule has 1 heterocycles. The van der Waals surface area contributed by atoms with Crippen molar-refractivity contribution in [2.24, 2.45) is 0 Å². The third-order valence-corrected chi connectivity index (χ3v) is 3.22. The smallest absolute Gasteiger partial charge is 0.269 e. The van der Waals surface area contributed by atoms with Crippen LogP contribution in [0.3, 0.4) is 0 Å². The predicted octanol–water partition coefficient (Wildman–Crippen LogP) is 2.42. The second-order valence-corrected chi connectivity index (χ2v) is 4.60. The minimum Gasteiger partial charge on any atom is -0.298 e. The molecule has 4 nitrogen and oxygen atoms in total. The summed E-state index contributed by atoms with van der Waals surface area (Å²) in [5, 5.41) is 0. The van der Waals surface area contributed by atoms with Crippen LogP contribution in [0.15, 0.2) is 59.5 Å². The highest BCUT2D eigenvalue weighted by Gasteiger charge is 2.10. The zero-order valence-corrected chi connectivity index (χ0v) is 11.0. The number of fused-ring (bicyclic) bond motifs is 1. The van der Waals surface area contributed by atoms with Crippen molar-refractivity contribution in [2.75, 3.05) is 0 Å². The maximum Gasteiger partial charge on any atom is 0.269 e.